The van der Waals surface area contributed by atoms with Gasteiger partial charge in [-0.1, -0.05) is 84.0 Å². The third kappa shape index (κ3) is 21.1. The zero-order valence-electron chi connectivity index (χ0n) is 12.8. The summed E-state index contributed by atoms with van der Waals surface area (Å²) in [5, 5.41) is 0. The van der Waals surface area contributed by atoms with Crippen LogP contribution in [0.1, 0.15) is 104 Å². The first kappa shape index (κ1) is 22.0. The van der Waals surface area contributed by atoms with E-state index in [-0.39, 0.29) is 29.6 Å². The van der Waals surface area contributed by atoms with Gasteiger partial charge in [-0.15, -0.1) is 0 Å². The summed E-state index contributed by atoms with van der Waals surface area (Å²) in [5.41, 5.74) is 0. The molecule has 0 unspecified atom stereocenters. The summed E-state index contributed by atoms with van der Waals surface area (Å²) < 4.78 is 0. The van der Waals surface area contributed by atoms with Crippen molar-refractivity contribution in [3.8, 4) is 0 Å². The van der Waals surface area contributed by atoms with Crippen LogP contribution in [0.5, 0.6) is 0 Å². The van der Waals surface area contributed by atoms with Gasteiger partial charge in [-0.25, -0.2) is 0 Å². The van der Waals surface area contributed by atoms with Crippen LogP contribution in [-0.2, 0) is 4.79 Å². The van der Waals surface area contributed by atoms with Crippen LogP contribution >= 0.6 is 0 Å². The maximum atomic E-state index is 10.7. The molecule has 0 aliphatic rings. The van der Waals surface area contributed by atoms with Gasteiger partial charge in [0.05, 0.1) is 0 Å². The van der Waals surface area contributed by atoms with Gasteiger partial charge in [-0.2, -0.15) is 0 Å². The van der Waals surface area contributed by atoms with E-state index >= 15 is 0 Å². The first-order valence-corrected chi connectivity index (χ1v) is 8.26. The second-order valence-corrected chi connectivity index (χ2v) is 5.69. The normalized spacial score (nSPS) is 10.2. The number of carbonyl (C=O) groups is 1. The third-order valence-corrected chi connectivity index (χ3v) is 3.63. The summed E-state index contributed by atoms with van der Waals surface area (Å²) in [6.07, 6.45) is 18.6. The van der Waals surface area contributed by atoms with Crippen molar-refractivity contribution in [1.29, 1.82) is 0 Å². The molecule has 0 rings (SSSR count). The van der Waals surface area contributed by atoms with E-state index in [1.54, 1.807) is 6.92 Å². The van der Waals surface area contributed by atoms with Crippen LogP contribution in [0.15, 0.2) is 0 Å². The molecule has 1 nitrogen and oxygen atoms in total. The molecule has 0 atom stereocenters. The van der Waals surface area contributed by atoms with Gasteiger partial charge in [0.2, 0.25) is 0 Å². The fourth-order valence-electron chi connectivity index (χ4n) is 2.39. The summed E-state index contributed by atoms with van der Waals surface area (Å²) in [7, 11) is 0. The van der Waals surface area contributed by atoms with E-state index in [1.165, 1.54) is 77.0 Å². The van der Waals surface area contributed by atoms with Crippen molar-refractivity contribution in [3.05, 3.63) is 0 Å². The van der Waals surface area contributed by atoms with Gasteiger partial charge in [0.15, 0.2) is 0 Å². The zero-order valence-corrected chi connectivity index (χ0v) is 12.8. The number of hydrogen-bond donors (Lipinski definition) is 0. The molecule has 0 saturated carbocycles. The van der Waals surface area contributed by atoms with Crippen LogP contribution in [0.3, 0.4) is 0 Å². The molecule has 0 heterocycles. The quantitative estimate of drug-likeness (QED) is 0.307. The first-order valence-electron chi connectivity index (χ1n) is 8.26. The fourth-order valence-corrected chi connectivity index (χ4v) is 2.39. The zero-order chi connectivity index (χ0) is 13.5. The molecule has 110 valence electrons. The van der Waals surface area contributed by atoms with Crippen LogP contribution in [-0.4, -0.2) is 35.3 Å². The number of ketones is 1. The topological polar surface area (TPSA) is 17.1 Å². The molecule has 2 heteroatoms. The molecule has 0 aromatic rings. The summed E-state index contributed by atoms with van der Waals surface area (Å²) >= 11 is 0. The molecule has 0 aliphatic heterocycles. The number of unbranched alkanes of at least 4 members (excludes halogenated alkanes) is 12. The average Bonchev–Trinajstić information content (AvgIpc) is 2.34. The van der Waals surface area contributed by atoms with Crippen LogP contribution in [0.2, 0.25) is 0 Å². The molecule has 0 bridgehead atoms. The van der Waals surface area contributed by atoms with Crippen LogP contribution in [0, 0.1) is 0 Å². The predicted octanol–water partition coefficient (Wildman–Crippen LogP) is 5.41. The van der Waals surface area contributed by atoms with Crippen molar-refractivity contribution in [2.45, 2.75) is 104 Å². The molecule has 0 aliphatic carbocycles. The van der Waals surface area contributed by atoms with Crippen LogP contribution < -0.4 is 0 Å². The molecule has 0 spiro atoms. The van der Waals surface area contributed by atoms with Gasteiger partial charge >= 0.3 is 29.6 Å². The molecule has 0 saturated heterocycles. The van der Waals surface area contributed by atoms with Gasteiger partial charge in [0.1, 0.15) is 5.78 Å². The van der Waals surface area contributed by atoms with Crippen LogP contribution in [0.25, 0.3) is 0 Å². The standard InChI is InChI=1S/C17H34O.Na.H/c1-3-4-5-6-7-8-9-10-11-12-13-14-15-16-17(2)18;;/h3-16H2,1-2H3;;. The molecular weight excluding hydrogens is 243 g/mol. The van der Waals surface area contributed by atoms with Gasteiger partial charge in [-0.05, 0) is 13.3 Å². The number of hydrogen-bond acceptors (Lipinski definition) is 1. The van der Waals surface area contributed by atoms with Crippen molar-refractivity contribution in [2.24, 2.45) is 0 Å². The summed E-state index contributed by atoms with van der Waals surface area (Å²) in [6.45, 7) is 3.97. The Kier molecular flexibility index (Phi) is 21.6. The van der Waals surface area contributed by atoms with E-state index in [9.17, 15) is 4.79 Å². The van der Waals surface area contributed by atoms with Gasteiger partial charge < -0.3 is 4.79 Å². The monoisotopic (exact) mass is 278 g/mol. The Morgan fingerprint density at radius 2 is 0.947 bits per heavy atom. The van der Waals surface area contributed by atoms with E-state index in [0.717, 1.165) is 12.8 Å². The van der Waals surface area contributed by atoms with Crippen molar-refractivity contribution in [1.82, 2.24) is 0 Å². The average molecular weight is 278 g/mol. The van der Waals surface area contributed by atoms with Crippen molar-refractivity contribution in [3.63, 3.8) is 0 Å². The Hall–Kier alpha value is 0.670. The second-order valence-electron chi connectivity index (χ2n) is 5.69. The molecular formula is C17H35NaO. The molecule has 0 radical (unpaired) electrons. The minimum absolute atomic E-state index is 0. The molecule has 0 aromatic carbocycles. The Bertz CT molecular complexity index is 180. The van der Waals surface area contributed by atoms with Crippen LogP contribution in [0.4, 0.5) is 0 Å². The molecule has 0 fully saturated rings. The van der Waals surface area contributed by atoms with Crippen molar-refractivity contribution in [2.75, 3.05) is 0 Å². The molecule has 19 heavy (non-hydrogen) atoms. The number of rotatable bonds is 14. The SMILES string of the molecule is CCCCCCCCCCCCCCCC(C)=O.[NaH]. The minimum atomic E-state index is 0. The molecule has 0 N–H and O–H groups in total. The van der Waals surface area contributed by atoms with E-state index in [2.05, 4.69) is 6.92 Å². The van der Waals surface area contributed by atoms with Gasteiger partial charge in [0.25, 0.3) is 0 Å². The predicted molar refractivity (Wildman–Crippen MR) is 88.1 cm³/mol. The van der Waals surface area contributed by atoms with E-state index < -0.39 is 0 Å². The maximum absolute atomic E-state index is 10.7. The summed E-state index contributed by atoms with van der Waals surface area (Å²) in [6, 6.07) is 0. The second kappa shape index (κ2) is 18.7. The Labute approximate surface area is 143 Å². The number of carbonyl (C=O) groups excluding carboxylic acids is 1. The van der Waals surface area contributed by atoms with Crippen molar-refractivity contribution < 1.29 is 4.79 Å². The van der Waals surface area contributed by atoms with Crippen molar-refractivity contribution >= 4 is 35.3 Å². The molecule has 0 amide bonds. The van der Waals surface area contributed by atoms with E-state index in [0.29, 0.717) is 5.78 Å². The fraction of sp³-hybridized carbons (Fsp3) is 0.941. The third-order valence-electron chi connectivity index (χ3n) is 3.63. The Balaban J connectivity index is 0. The Morgan fingerprint density at radius 1 is 0.632 bits per heavy atom. The Morgan fingerprint density at radius 3 is 1.26 bits per heavy atom. The van der Waals surface area contributed by atoms with E-state index in [4.69, 9.17) is 0 Å². The van der Waals surface area contributed by atoms with E-state index in [1.807, 2.05) is 0 Å². The van der Waals surface area contributed by atoms with Gasteiger partial charge in [-0.3, -0.25) is 0 Å². The molecule has 0 aromatic heterocycles. The number of Topliss-reactive ketones (excluding diaryl/α,β-unsaturated/α-hetero) is 1. The summed E-state index contributed by atoms with van der Waals surface area (Å²) in [5.74, 6) is 0.345. The summed E-state index contributed by atoms with van der Waals surface area (Å²) in [4.78, 5) is 10.7. The van der Waals surface area contributed by atoms with Gasteiger partial charge in [0, 0.05) is 6.42 Å². The first-order chi connectivity index (χ1) is 8.77.